The van der Waals surface area contributed by atoms with Crippen molar-refractivity contribution in [2.24, 2.45) is 7.05 Å². The van der Waals surface area contributed by atoms with Gasteiger partial charge in [0.25, 0.3) is 0 Å². The smallest absolute Gasteiger partial charge is 0.200 e. The fourth-order valence-corrected chi connectivity index (χ4v) is 5.24. The highest BCUT2D eigenvalue weighted by Crippen LogP contribution is 2.37. The lowest BCUT2D eigenvalue weighted by atomic mass is 9.99. The van der Waals surface area contributed by atoms with Crippen molar-refractivity contribution in [1.82, 2.24) is 29.5 Å². The Morgan fingerprint density at radius 1 is 1.00 bits per heavy atom. The second-order valence-corrected chi connectivity index (χ2v) is 9.65. The van der Waals surface area contributed by atoms with Gasteiger partial charge in [-0.25, -0.2) is 19.0 Å². The third-order valence-corrected chi connectivity index (χ3v) is 7.23. The van der Waals surface area contributed by atoms with E-state index < -0.39 is 11.9 Å². The number of nitrogen functional groups attached to an aromatic ring is 1. The first-order chi connectivity index (χ1) is 19.4. The molecule has 1 atom stereocenters. The van der Waals surface area contributed by atoms with E-state index in [0.717, 1.165) is 16.5 Å². The molecule has 0 fully saturated rings. The van der Waals surface area contributed by atoms with E-state index in [1.807, 2.05) is 32.2 Å². The highest BCUT2D eigenvalue weighted by Gasteiger charge is 2.27. The molecule has 0 aliphatic heterocycles. The largest absolute Gasteiger partial charge is 0.458 e. The van der Waals surface area contributed by atoms with Gasteiger partial charge in [-0.15, -0.1) is 0 Å². The normalized spacial score (nSPS) is 12.5. The molecule has 1 unspecified atom stereocenters. The predicted molar refractivity (Wildman–Crippen MR) is 151 cm³/mol. The summed E-state index contributed by atoms with van der Waals surface area (Å²) >= 11 is 0. The molecule has 7 rings (SSSR count). The van der Waals surface area contributed by atoms with Crippen LogP contribution in [0.15, 0.2) is 88.5 Å². The maximum absolute atomic E-state index is 14.3. The molecule has 0 radical (unpaired) electrons. The minimum Gasteiger partial charge on any atom is -0.458 e. The number of fused-ring (bicyclic) bond motifs is 3. The monoisotopic (exact) mass is 531 g/mol. The van der Waals surface area contributed by atoms with Gasteiger partial charge in [-0.2, -0.15) is 10.2 Å². The van der Waals surface area contributed by atoms with Gasteiger partial charge >= 0.3 is 0 Å². The number of anilines is 1. The Kier molecular flexibility index (Phi) is 5.24. The van der Waals surface area contributed by atoms with Gasteiger partial charge in [0.1, 0.15) is 41.0 Å². The third-order valence-electron chi connectivity index (χ3n) is 7.23. The molecular weight excluding hydrogens is 509 g/mol. The van der Waals surface area contributed by atoms with Gasteiger partial charge in [-0.05, 0) is 42.8 Å². The molecule has 4 aromatic heterocycles. The Morgan fingerprint density at radius 2 is 1.85 bits per heavy atom. The van der Waals surface area contributed by atoms with Crippen molar-refractivity contribution in [3.8, 4) is 22.4 Å². The van der Waals surface area contributed by atoms with Crippen molar-refractivity contribution < 1.29 is 8.81 Å². The summed E-state index contributed by atoms with van der Waals surface area (Å²) in [4.78, 5) is 22.5. The third kappa shape index (κ3) is 3.57. The number of rotatable bonds is 4. The molecule has 7 aromatic rings. The number of halogens is 1. The van der Waals surface area contributed by atoms with Crippen molar-refractivity contribution in [3.63, 3.8) is 0 Å². The minimum atomic E-state index is -0.624. The first-order valence-electron chi connectivity index (χ1n) is 12.6. The molecule has 40 heavy (non-hydrogen) atoms. The number of para-hydroxylation sites is 1. The van der Waals surface area contributed by atoms with Crippen LogP contribution in [0, 0.1) is 5.82 Å². The highest BCUT2D eigenvalue weighted by molar-refractivity contribution is 6.00. The minimum absolute atomic E-state index is 0.259. The summed E-state index contributed by atoms with van der Waals surface area (Å²) in [7, 11) is 1.87. The molecule has 2 N–H and O–H groups in total. The Labute approximate surface area is 226 Å². The molecule has 0 amide bonds. The summed E-state index contributed by atoms with van der Waals surface area (Å²) < 4.78 is 24.2. The summed E-state index contributed by atoms with van der Waals surface area (Å²) in [5.74, 6) is 0.139. The number of benzene rings is 3. The zero-order valence-corrected chi connectivity index (χ0v) is 21.5. The molecular formula is C30H22FN7O2. The fraction of sp³-hybridized carbons (Fsp3) is 0.100. The van der Waals surface area contributed by atoms with Gasteiger partial charge in [-0.3, -0.25) is 9.48 Å². The lowest BCUT2D eigenvalue weighted by molar-refractivity contribution is 0.446. The van der Waals surface area contributed by atoms with Crippen LogP contribution in [0.5, 0.6) is 0 Å². The lowest BCUT2D eigenvalue weighted by Gasteiger charge is -2.17. The second kappa shape index (κ2) is 8.84. The lowest BCUT2D eigenvalue weighted by Crippen LogP contribution is -2.16. The molecule has 0 saturated carbocycles. The molecule has 0 spiro atoms. The Balaban J connectivity index is 1.50. The van der Waals surface area contributed by atoms with Crippen LogP contribution in [0.2, 0.25) is 0 Å². The molecule has 3 aromatic carbocycles. The molecule has 0 aliphatic carbocycles. The van der Waals surface area contributed by atoms with Gasteiger partial charge in [0, 0.05) is 18.0 Å². The van der Waals surface area contributed by atoms with E-state index in [1.54, 1.807) is 52.0 Å². The number of nitrogens with zero attached hydrogens (tertiary/aromatic N) is 6. The van der Waals surface area contributed by atoms with E-state index in [9.17, 15) is 9.18 Å². The molecule has 9 nitrogen and oxygen atoms in total. The number of nitrogens with two attached hydrogens (primary N) is 1. The van der Waals surface area contributed by atoms with Crippen LogP contribution >= 0.6 is 0 Å². The number of aryl methyl sites for hydroxylation is 1. The van der Waals surface area contributed by atoms with Crippen LogP contribution in [-0.4, -0.2) is 29.5 Å². The van der Waals surface area contributed by atoms with Gasteiger partial charge in [0.15, 0.2) is 5.65 Å². The van der Waals surface area contributed by atoms with Crippen molar-refractivity contribution in [1.29, 1.82) is 0 Å². The van der Waals surface area contributed by atoms with Crippen LogP contribution < -0.4 is 11.2 Å². The van der Waals surface area contributed by atoms with E-state index in [-0.39, 0.29) is 16.8 Å². The summed E-state index contributed by atoms with van der Waals surface area (Å²) in [5, 5.41) is 11.3. The predicted octanol–water partition coefficient (Wildman–Crippen LogP) is 5.48. The first-order valence-corrected chi connectivity index (χ1v) is 12.6. The molecule has 4 heterocycles. The summed E-state index contributed by atoms with van der Waals surface area (Å²) in [5.41, 5.74) is 9.98. The SMILES string of the molecule is CC(c1oc2ccccc2c(=O)c1-c1cccc(F)c1)n1nc(-c2ccc3cnn(C)c3c2)c2c(N)ncnc21. The average molecular weight is 532 g/mol. The Bertz CT molecular complexity index is 2160. The zero-order chi connectivity index (χ0) is 27.5. The molecule has 196 valence electrons. The van der Waals surface area contributed by atoms with Gasteiger partial charge in [-0.1, -0.05) is 36.4 Å². The van der Waals surface area contributed by atoms with Crippen molar-refractivity contribution in [2.75, 3.05) is 5.73 Å². The maximum atomic E-state index is 14.3. The molecule has 0 bridgehead atoms. The van der Waals surface area contributed by atoms with E-state index in [4.69, 9.17) is 15.2 Å². The van der Waals surface area contributed by atoms with Gasteiger partial charge < -0.3 is 10.2 Å². The van der Waals surface area contributed by atoms with Crippen molar-refractivity contribution >= 4 is 38.7 Å². The highest BCUT2D eigenvalue weighted by atomic mass is 19.1. The van der Waals surface area contributed by atoms with Crippen LogP contribution in [-0.2, 0) is 7.05 Å². The average Bonchev–Trinajstić information content (AvgIpc) is 3.54. The van der Waals surface area contributed by atoms with E-state index >= 15 is 0 Å². The molecule has 0 aliphatic rings. The van der Waals surface area contributed by atoms with Gasteiger partial charge in [0.2, 0.25) is 5.43 Å². The standard InChI is InChI=1S/C30H22FN7O2/c1-16(28-24(17-6-5-7-20(31)12-17)27(39)21-8-3-4-9-23(21)40-28)38-30-25(29(32)33-15-34-30)26(36-38)18-10-11-19-14-35-37(2)22(19)13-18/h3-16H,1-2H3,(H2,32,33,34). The summed E-state index contributed by atoms with van der Waals surface area (Å²) in [6.07, 6.45) is 3.17. The quantitative estimate of drug-likeness (QED) is 0.319. The number of hydrogen-bond acceptors (Lipinski definition) is 7. The van der Waals surface area contributed by atoms with Crippen LogP contribution in [0.4, 0.5) is 10.2 Å². The van der Waals surface area contributed by atoms with E-state index in [2.05, 4.69) is 15.1 Å². The summed E-state index contributed by atoms with van der Waals surface area (Å²) in [6.45, 7) is 1.86. The van der Waals surface area contributed by atoms with E-state index in [1.165, 1.54) is 18.5 Å². The first kappa shape index (κ1) is 23.7. The van der Waals surface area contributed by atoms with Crippen LogP contribution in [0.3, 0.4) is 0 Å². The Hall–Kier alpha value is -5.38. The van der Waals surface area contributed by atoms with Gasteiger partial charge in [0.05, 0.1) is 28.0 Å². The molecule has 0 saturated heterocycles. The van der Waals surface area contributed by atoms with Crippen molar-refractivity contribution in [3.05, 3.63) is 101 Å². The van der Waals surface area contributed by atoms with Crippen LogP contribution in [0.1, 0.15) is 18.7 Å². The summed E-state index contributed by atoms with van der Waals surface area (Å²) in [6, 6.07) is 18.2. The topological polar surface area (TPSA) is 118 Å². The molecule has 10 heteroatoms. The fourth-order valence-electron chi connectivity index (χ4n) is 5.24. The number of hydrogen-bond donors (Lipinski definition) is 1. The Morgan fingerprint density at radius 3 is 2.70 bits per heavy atom. The maximum Gasteiger partial charge on any atom is 0.200 e. The van der Waals surface area contributed by atoms with Crippen molar-refractivity contribution in [2.45, 2.75) is 13.0 Å². The zero-order valence-electron chi connectivity index (χ0n) is 21.5. The van der Waals surface area contributed by atoms with E-state index in [0.29, 0.717) is 39.0 Å². The second-order valence-electron chi connectivity index (χ2n) is 9.65. The number of aromatic nitrogens is 6. The van der Waals surface area contributed by atoms with Crippen LogP contribution in [0.25, 0.3) is 55.3 Å².